The first-order valence-electron chi connectivity index (χ1n) is 7.21. The van der Waals surface area contributed by atoms with Crippen molar-refractivity contribution in [1.82, 2.24) is 0 Å². The SMILES string of the molecule is CCC1(OC(=O)C(C)(CC)C(C)C)CCOCC1. The first kappa shape index (κ1) is 15.5. The summed E-state index contributed by atoms with van der Waals surface area (Å²) < 4.78 is 11.3. The zero-order valence-electron chi connectivity index (χ0n) is 12.5. The van der Waals surface area contributed by atoms with Crippen LogP contribution in [0, 0.1) is 11.3 Å². The lowest BCUT2D eigenvalue weighted by Gasteiger charge is -2.40. The van der Waals surface area contributed by atoms with Crippen molar-refractivity contribution in [2.45, 2.75) is 65.9 Å². The molecule has 0 aliphatic carbocycles. The molecule has 0 aromatic carbocycles. The molecule has 1 unspecified atom stereocenters. The molecule has 1 aliphatic rings. The van der Waals surface area contributed by atoms with Crippen LogP contribution < -0.4 is 0 Å². The van der Waals surface area contributed by atoms with E-state index in [9.17, 15) is 4.79 Å². The molecule has 18 heavy (non-hydrogen) atoms. The summed E-state index contributed by atoms with van der Waals surface area (Å²) in [5.74, 6) is 0.257. The molecule has 106 valence electrons. The molecule has 0 spiro atoms. The van der Waals surface area contributed by atoms with Crippen molar-refractivity contribution < 1.29 is 14.3 Å². The van der Waals surface area contributed by atoms with Gasteiger partial charge in [-0.3, -0.25) is 4.79 Å². The van der Waals surface area contributed by atoms with Gasteiger partial charge in [0.15, 0.2) is 0 Å². The zero-order valence-corrected chi connectivity index (χ0v) is 12.5. The second-order valence-corrected chi connectivity index (χ2v) is 5.96. The van der Waals surface area contributed by atoms with Crippen LogP contribution in [0.4, 0.5) is 0 Å². The molecular formula is C15H28O3. The molecule has 1 heterocycles. The second kappa shape index (κ2) is 6.05. The topological polar surface area (TPSA) is 35.5 Å². The summed E-state index contributed by atoms with van der Waals surface area (Å²) >= 11 is 0. The van der Waals surface area contributed by atoms with E-state index in [-0.39, 0.29) is 17.0 Å². The van der Waals surface area contributed by atoms with Gasteiger partial charge in [-0.1, -0.05) is 27.7 Å². The summed E-state index contributed by atoms with van der Waals surface area (Å²) in [6, 6.07) is 0. The Morgan fingerprint density at radius 3 is 2.28 bits per heavy atom. The van der Waals surface area contributed by atoms with E-state index in [0.717, 1.165) is 25.7 Å². The fourth-order valence-corrected chi connectivity index (χ4v) is 2.37. The van der Waals surface area contributed by atoms with Gasteiger partial charge in [0.25, 0.3) is 0 Å². The Morgan fingerprint density at radius 2 is 1.89 bits per heavy atom. The third kappa shape index (κ3) is 3.05. The molecule has 1 fully saturated rings. The lowest BCUT2D eigenvalue weighted by atomic mass is 9.76. The minimum atomic E-state index is -0.375. The maximum atomic E-state index is 12.5. The van der Waals surface area contributed by atoms with Gasteiger partial charge < -0.3 is 9.47 Å². The molecule has 0 N–H and O–H groups in total. The molecule has 1 atom stereocenters. The first-order valence-corrected chi connectivity index (χ1v) is 7.21. The van der Waals surface area contributed by atoms with Crippen molar-refractivity contribution in [3.8, 4) is 0 Å². The Labute approximate surface area is 111 Å². The van der Waals surface area contributed by atoms with Crippen LogP contribution in [0.15, 0.2) is 0 Å². The van der Waals surface area contributed by atoms with E-state index in [1.165, 1.54) is 0 Å². The monoisotopic (exact) mass is 256 g/mol. The van der Waals surface area contributed by atoms with Crippen LogP contribution in [0.3, 0.4) is 0 Å². The summed E-state index contributed by atoms with van der Waals surface area (Å²) in [5.41, 5.74) is -0.666. The van der Waals surface area contributed by atoms with Crippen molar-refractivity contribution in [2.75, 3.05) is 13.2 Å². The van der Waals surface area contributed by atoms with Crippen LogP contribution in [0.5, 0.6) is 0 Å². The highest BCUT2D eigenvalue weighted by molar-refractivity contribution is 5.77. The first-order chi connectivity index (χ1) is 8.40. The molecule has 3 heteroatoms. The third-order valence-electron chi connectivity index (χ3n) is 4.83. The number of hydrogen-bond acceptors (Lipinski definition) is 3. The highest BCUT2D eigenvalue weighted by Crippen LogP contribution is 2.37. The summed E-state index contributed by atoms with van der Waals surface area (Å²) in [6.07, 6.45) is 3.35. The Bertz CT molecular complexity index is 279. The van der Waals surface area contributed by atoms with Crippen molar-refractivity contribution in [3.63, 3.8) is 0 Å². The number of hydrogen-bond donors (Lipinski definition) is 0. The van der Waals surface area contributed by atoms with Gasteiger partial charge in [0, 0.05) is 12.8 Å². The Hall–Kier alpha value is -0.570. The van der Waals surface area contributed by atoms with Gasteiger partial charge in [0.1, 0.15) is 5.60 Å². The normalized spacial score (nSPS) is 22.6. The highest BCUT2D eigenvalue weighted by atomic mass is 16.6. The lowest BCUT2D eigenvalue weighted by molar-refractivity contribution is -0.184. The third-order valence-corrected chi connectivity index (χ3v) is 4.83. The van der Waals surface area contributed by atoms with Crippen LogP contribution in [-0.2, 0) is 14.3 Å². The van der Waals surface area contributed by atoms with Gasteiger partial charge in [-0.2, -0.15) is 0 Å². The summed E-state index contributed by atoms with van der Waals surface area (Å²) in [6.45, 7) is 11.8. The van der Waals surface area contributed by atoms with Gasteiger partial charge in [-0.05, 0) is 25.7 Å². The van der Waals surface area contributed by atoms with Crippen LogP contribution >= 0.6 is 0 Å². The summed E-state index contributed by atoms with van der Waals surface area (Å²) in [5, 5.41) is 0. The molecule has 0 saturated carbocycles. The van der Waals surface area contributed by atoms with E-state index in [1.807, 2.05) is 6.92 Å². The maximum absolute atomic E-state index is 12.5. The molecule has 0 amide bonds. The average Bonchev–Trinajstić information content (AvgIpc) is 2.38. The van der Waals surface area contributed by atoms with Crippen LogP contribution in [-0.4, -0.2) is 24.8 Å². The Balaban J connectivity index is 2.78. The fourth-order valence-electron chi connectivity index (χ4n) is 2.37. The highest BCUT2D eigenvalue weighted by Gasteiger charge is 2.42. The Kier molecular flexibility index (Phi) is 5.20. The molecular weight excluding hydrogens is 228 g/mol. The Morgan fingerprint density at radius 1 is 1.33 bits per heavy atom. The minimum Gasteiger partial charge on any atom is -0.458 e. The smallest absolute Gasteiger partial charge is 0.312 e. The number of ether oxygens (including phenoxy) is 2. The van der Waals surface area contributed by atoms with Crippen LogP contribution in [0.25, 0.3) is 0 Å². The van der Waals surface area contributed by atoms with E-state index in [0.29, 0.717) is 19.1 Å². The lowest BCUT2D eigenvalue weighted by Crippen LogP contribution is -2.45. The number of carbonyl (C=O) groups is 1. The summed E-state index contributed by atoms with van der Waals surface area (Å²) in [4.78, 5) is 12.5. The largest absolute Gasteiger partial charge is 0.458 e. The van der Waals surface area contributed by atoms with E-state index in [1.54, 1.807) is 0 Å². The van der Waals surface area contributed by atoms with Crippen molar-refractivity contribution in [2.24, 2.45) is 11.3 Å². The molecule has 0 radical (unpaired) electrons. The van der Waals surface area contributed by atoms with Gasteiger partial charge in [0.05, 0.1) is 18.6 Å². The molecule has 0 aromatic heterocycles. The summed E-state index contributed by atoms with van der Waals surface area (Å²) in [7, 11) is 0. The maximum Gasteiger partial charge on any atom is 0.312 e. The molecule has 0 aromatic rings. The molecule has 0 bridgehead atoms. The van der Waals surface area contributed by atoms with Gasteiger partial charge in [-0.25, -0.2) is 0 Å². The zero-order chi connectivity index (χ0) is 13.8. The van der Waals surface area contributed by atoms with Gasteiger partial charge in [-0.15, -0.1) is 0 Å². The van der Waals surface area contributed by atoms with Gasteiger partial charge in [0.2, 0.25) is 0 Å². The molecule has 1 saturated heterocycles. The van der Waals surface area contributed by atoms with Crippen molar-refractivity contribution in [3.05, 3.63) is 0 Å². The molecule has 1 rings (SSSR count). The fraction of sp³-hybridized carbons (Fsp3) is 0.933. The van der Waals surface area contributed by atoms with Gasteiger partial charge >= 0.3 is 5.97 Å². The van der Waals surface area contributed by atoms with E-state index >= 15 is 0 Å². The average molecular weight is 256 g/mol. The van der Waals surface area contributed by atoms with E-state index in [4.69, 9.17) is 9.47 Å². The molecule has 3 nitrogen and oxygen atoms in total. The van der Waals surface area contributed by atoms with E-state index in [2.05, 4.69) is 27.7 Å². The van der Waals surface area contributed by atoms with Crippen LogP contribution in [0.1, 0.15) is 60.3 Å². The molecule has 1 aliphatic heterocycles. The minimum absolute atomic E-state index is 0.0382. The van der Waals surface area contributed by atoms with E-state index < -0.39 is 0 Å². The number of rotatable bonds is 5. The van der Waals surface area contributed by atoms with Crippen molar-refractivity contribution in [1.29, 1.82) is 0 Å². The van der Waals surface area contributed by atoms with Crippen molar-refractivity contribution >= 4 is 5.97 Å². The van der Waals surface area contributed by atoms with Crippen LogP contribution in [0.2, 0.25) is 0 Å². The number of carbonyl (C=O) groups excluding carboxylic acids is 1. The quantitative estimate of drug-likeness (QED) is 0.705. The standard InChI is InChI=1S/C15H28O3/c1-6-14(5,12(3)4)13(16)18-15(7-2)8-10-17-11-9-15/h12H,6-11H2,1-5H3. The number of esters is 1. The predicted octanol–water partition coefficient (Wildman–Crippen LogP) is 3.56. The second-order valence-electron chi connectivity index (χ2n) is 5.96. The predicted molar refractivity (Wildman–Crippen MR) is 72.4 cm³/mol.